The molecule has 1 N–H and O–H groups in total. The maximum Gasteiger partial charge on any atom is 0.128 e. The lowest BCUT2D eigenvalue weighted by atomic mass is 10.1. The number of benzene rings is 1. The molecule has 1 aromatic heterocycles. The van der Waals surface area contributed by atoms with Gasteiger partial charge in [0.15, 0.2) is 0 Å². The molecule has 0 amide bonds. The Morgan fingerprint density at radius 3 is 2.36 bits per heavy atom. The molecule has 3 rings (SSSR count). The minimum Gasteiger partial charge on any atom is -0.377 e. The highest BCUT2D eigenvalue weighted by Gasteiger charge is 2.13. The fourth-order valence-corrected chi connectivity index (χ4v) is 2.76. The Hall–Kier alpha value is -2.17. The quantitative estimate of drug-likeness (QED) is 0.920. The number of hydrogen-bond donors (Lipinski definition) is 1. The summed E-state index contributed by atoms with van der Waals surface area (Å²) in [5, 5.41) is 3.22. The van der Waals surface area contributed by atoms with E-state index in [0.29, 0.717) is 5.56 Å². The molecule has 0 spiro atoms. The van der Waals surface area contributed by atoms with Gasteiger partial charge in [0.1, 0.15) is 17.5 Å². The second-order valence-corrected chi connectivity index (χ2v) is 5.67. The van der Waals surface area contributed by atoms with Crippen LogP contribution in [0.25, 0.3) is 0 Å². The minimum atomic E-state index is -0.564. The van der Waals surface area contributed by atoms with Crippen molar-refractivity contribution in [2.24, 2.45) is 0 Å². The van der Waals surface area contributed by atoms with Gasteiger partial charge in [-0.3, -0.25) is 0 Å². The minimum absolute atomic E-state index is 0.204. The summed E-state index contributed by atoms with van der Waals surface area (Å²) in [5.41, 5.74) is 1.40. The van der Waals surface area contributed by atoms with Gasteiger partial charge in [0.2, 0.25) is 0 Å². The van der Waals surface area contributed by atoms with Gasteiger partial charge in [0.05, 0.1) is 11.9 Å². The number of hydrogen-bond acceptors (Lipinski definition) is 3. The second-order valence-electron chi connectivity index (χ2n) is 5.67. The van der Waals surface area contributed by atoms with Gasteiger partial charge < -0.3 is 10.2 Å². The fraction of sp³-hybridized carbons (Fsp3) is 0.353. The lowest BCUT2D eigenvalue weighted by molar-refractivity contribution is 0.577. The van der Waals surface area contributed by atoms with Crippen molar-refractivity contribution in [3.63, 3.8) is 0 Å². The van der Waals surface area contributed by atoms with Crippen molar-refractivity contribution >= 4 is 11.5 Å². The van der Waals surface area contributed by atoms with Crippen LogP contribution in [0.15, 0.2) is 36.5 Å². The Balaban J connectivity index is 1.69. The van der Waals surface area contributed by atoms with E-state index in [1.54, 1.807) is 6.20 Å². The van der Waals surface area contributed by atoms with Crippen LogP contribution in [0.3, 0.4) is 0 Å². The summed E-state index contributed by atoms with van der Waals surface area (Å²) in [6, 6.07) is 7.28. The summed E-state index contributed by atoms with van der Waals surface area (Å²) in [6.45, 7) is 3.97. The Morgan fingerprint density at radius 2 is 1.77 bits per heavy atom. The molecule has 2 aromatic rings. The SMILES string of the molecule is CC(Nc1ccc(N2CCCC2)nc1)c1cc(F)cc(F)c1. The highest BCUT2D eigenvalue weighted by atomic mass is 19.1. The molecule has 1 atom stereocenters. The predicted octanol–water partition coefficient (Wildman–Crippen LogP) is 4.13. The zero-order chi connectivity index (χ0) is 15.5. The van der Waals surface area contributed by atoms with Gasteiger partial charge in [0.25, 0.3) is 0 Å². The summed E-state index contributed by atoms with van der Waals surface area (Å²) < 4.78 is 26.5. The lowest BCUT2D eigenvalue weighted by Crippen LogP contribution is -2.18. The molecule has 1 aromatic carbocycles. The molecule has 1 saturated heterocycles. The number of halogens is 2. The van der Waals surface area contributed by atoms with Crippen molar-refractivity contribution in [2.45, 2.75) is 25.8 Å². The summed E-state index contributed by atoms with van der Waals surface area (Å²) in [4.78, 5) is 6.72. The molecule has 1 unspecified atom stereocenters. The van der Waals surface area contributed by atoms with Crippen molar-refractivity contribution in [2.75, 3.05) is 23.3 Å². The number of aromatic nitrogens is 1. The molecule has 0 radical (unpaired) electrons. The van der Waals surface area contributed by atoms with Crippen LogP contribution in [0, 0.1) is 11.6 Å². The Morgan fingerprint density at radius 1 is 1.09 bits per heavy atom. The Labute approximate surface area is 129 Å². The van der Waals surface area contributed by atoms with Gasteiger partial charge >= 0.3 is 0 Å². The van der Waals surface area contributed by atoms with Gasteiger partial charge in [-0.1, -0.05) is 0 Å². The van der Waals surface area contributed by atoms with Gasteiger partial charge in [-0.15, -0.1) is 0 Å². The highest BCUT2D eigenvalue weighted by Crippen LogP contribution is 2.23. The first-order valence-corrected chi connectivity index (χ1v) is 7.55. The standard InChI is InChI=1S/C17H19F2N3/c1-12(13-8-14(18)10-15(19)9-13)21-16-4-5-17(20-11-16)22-6-2-3-7-22/h4-5,8-12,21H,2-3,6-7H2,1H3. The largest absolute Gasteiger partial charge is 0.377 e. The molecule has 5 heteroatoms. The number of nitrogens with zero attached hydrogens (tertiary/aromatic N) is 2. The first-order chi connectivity index (χ1) is 10.6. The normalized spacial score (nSPS) is 15.9. The average Bonchev–Trinajstić information content (AvgIpc) is 3.01. The van der Waals surface area contributed by atoms with E-state index < -0.39 is 11.6 Å². The Bertz CT molecular complexity index is 617. The summed E-state index contributed by atoms with van der Waals surface area (Å²) in [5.74, 6) is -0.148. The molecule has 116 valence electrons. The van der Waals surface area contributed by atoms with E-state index in [0.717, 1.165) is 30.7 Å². The summed E-state index contributed by atoms with van der Waals surface area (Å²) in [6.07, 6.45) is 4.19. The van der Waals surface area contributed by atoms with Crippen LogP contribution in [-0.4, -0.2) is 18.1 Å². The molecule has 1 fully saturated rings. The topological polar surface area (TPSA) is 28.2 Å². The number of anilines is 2. The van der Waals surface area contributed by atoms with E-state index in [2.05, 4.69) is 15.2 Å². The van der Waals surface area contributed by atoms with Crippen LogP contribution in [0.2, 0.25) is 0 Å². The van der Waals surface area contributed by atoms with Gasteiger partial charge in [-0.05, 0) is 49.6 Å². The van der Waals surface area contributed by atoms with Crippen LogP contribution in [0.4, 0.5) is 20.3 Å². The summed E-state index contributed by atoms with van der Waals surface area (Å²) >= 11 is 0. The molecule has 0 saturated carbocycles. The van der Waals surface area contributed by atoms with Crippen molar-refractivity contribution in [3.8, 4) is 0 Å². The van der Waals surface area contributed by atoms with Gasteiger partial charge in [0, 0.05) is 25.2 Å². The smallest absolute Gasteiger partial charge is 0.128 e. The monoisotopic (exact) mass is 303 g/mol. The molecule has 0 bridgehead atoms. The zero-order valence-corrected chi connectivity index (χ0v) is 12.5. The molecule has 0 aliphatic carbocycles. The molecule has 3 nitrogen and oxygen atoms in total. The maximum absolute atomic E-state index is 13.3. The third-order valence-electron chi connectivity index (χ3n) is 3.95. The lowest BCUT2D eigenvalue weighted by Gasteiger charge is -2.18. The summed E-state index contributed by atoms with van der Waals surface area (Å²) in [7, 11) is 0. The average molecular weight is 303 g/mol. The van der Waals surface area contributed by atoms with Crippen molar-refractivity contribution in [1.29, 1.82) is 0 Å². The first kappa shape index (κ1) is 14.8. The molecule has 1 aliphatic rings. The molecule has 22 heavy (non-hydrogen) atoms. The fourth-order valence-electron chi connectivity index (χ4n) is 2.76. The number of rotatable bonds is 4. The van der Waals surface area contributed by atoms with E-state index in [9.17, 15) is 8.78 Å². The van der Waals surface area contributed by atoms with Crippen molar-refractivity contribution in [3.05, 3.63) is 53.7 Å². The highest BCUT2D eigenvalue weighted by molar-refractivity contribution is 5.50. The van der Waals surface area contributed by atoms with Crippen LogP contribution in [0.5, 0.6) is 0 Å². The molecule has 2 heterocycles. The van der Waals surface area contributed by atoms with Crippen LogP contribution >= 0.6 is 0 Å². The van der Waals surface area contributed by atoms with Crippen LogP contribution in [-0.2, 0) is 0 Å². The van der Waals surface area contributed by atoms with E-state index in [4.69, 9.17) is 0 Å². The van der Waals surface area contributed by atoms with E-state index in [1.165, 1.54) is 25.0 Å². The number of nitrogens with one attached hydrogen (secondary N) is 1. The van der Waals surface area contributed by atoms with Crippen LogP contribution in [0.1, 0.15) is 31.4 Å². The third kappa shape index (κ3) is 3.35. The van der Waals surface area contributed by atoms with Crippen molar-refractivity contribution < 1.29 is 8.78 Å². The molecular weight excluding hydrogens is 284 g/mol. The zero-order valence-electron chi connectivity index (χ0n) is 12.5. The maximum atomic E-state index is 13.3. The van der Waals surface area contributed by atoms with Crippen molar-refractivity contribution in [1.82, 2.24) is 4.98 Å². The second kappa shape index (κ2) is 6.30. The van der Waals surface area contributed by atoms with Gasteiger partial charge in [-0.2, -0.15) is 0 Å². The van der Waals surface area contributed by atoms with E-state index in [1.807, 2.05) is 19.1 Å². The van der Waals surface area contributed by atoms with Gasteiger partial charge in [-0.25, -0.2) is 13.8 Å². The Kier molecular flexibility index (Phi) is 4.22. The van der Waals surface area contributed by atoms with E-state index >= 15 is 0 Å². The molecular formula is C17H19F2N3. The van der Waals surface area contributed by atoms with E-state index in [-0.39, 0.29) is 6.04 Å². The first-order valence-electron chi connectivity index (χ1n) is 7.55. The number of pyridine rings is 1. The molecule has 1 aliphatic heterocycles. The predicted molar refractivity (Wildman–Crippen MR) is 84.1 cm³/mol. The van der Waals surface area contributed by atoms with Crippen LogP contribution < -0.4 is 10.2 Å². The third-order valence-corrected chi connectivity index (χ3v) is 3.95.